The van der Waals surface area contributed by atoms with Crippen LogP contribution in [0.15, 0.2) is 22.8 Å². The standard InChI is InChI=1S/C13H14N4O4S2/c1-7(10(19)17-13(20)14-2)21-9(18)5-23-12-8-3-4-22-11(8)15-6-16-12/h3-4,6-7H,5H2,1-2H3,(H2,14,17,19,20)/t7-/m1/s1. The SMILES string of the molecule is CNC(=O)NC(=O)[C@@H](C)OC(=O)CSc1ncnc2sccc12. The van der Waals surface area contributed by atoms with E-state index in [4.69, 9.17) is 4.74 Å². The number of thioether (sulfide) groups is 1. The van der Waals surface area contributed by atoms with Gasteiger partial charge in [0, 0.05) is 12.4 Å². The molecule has 0 radical (unpaired) electrons. The first-order chi connectivity index (χ1) is 11.0. The Morgan fingerprint density at radius 1 is 1.39 bits per heavy atom. The van der Waals surface area contributed by atoms with E-state index in [0.29, 0.717) is 5.03 Å². The van der Waals surface area contributed by atoms with E-state index >= 15 is 0 Å². The van der Waals surface area contributed by atoms with Crippen molar-refractivity contribution in [2.45, 2.75) is 18.1 Å². The Morgan fingerprint density at radius 3 is 2.91 bits per heavy atom. The average Bonchev–Trinajstić information content (AvgIpc) is 3.01. The molecule has 10 heteroatoms. The fourth-order valence-corrected chi connectivity index (χ4v) is 3.13. The van der Waals surface area contributed by atoms with Gasteiger partial charge in [-0.05, 0) is 18.4 Å². The van der Waals surface area contributed by atoms with Crippen molar-refractivity contribution in [2.75, 3.05) is 12.8 Å². The van der Waals surface area contributed by atoms with Gasteiger partial charge in [-0.25, -0.2) is 14.8 Å². The molecule has 2 heterocycles. The fraction of sp³-hybridized carbons (Fsp3) is 0.308. The van der Waals surface area contributed by atoms with E-state index in [2.05, 4.69) is 15.3 Å². The third-order valence-electron chi connectivity index (χ3n) is 2.69. The molecule has 0 saturated heterocycles. The fourth-order valence-electron chi connectivity index (χ4n) is 1.57. The van der Waals surface area contributed by atoms with Gasteiger partial charge in [0.2, 0.25) is 0 Å². The van der Waals surface area contributed by atoms with E-state index in [1.807, 2.05) is 16.8 Å². The Hall–Kier alpha value is -2.20. The minimum Gasteiger partial charge on any atom is -0.452 e. The van der Waals surface area contributed by atoms with Crippen LogP contribution in [0.5, 0.6) is 0 Å². The Bertz CT molecular complexity index is 734. The summed E-state index contributed by atoms with van der Waals surface area (Å²) < 4.78 is 4.98. The number of rotatable bonds is 5. The van der Waals surface area contributed by atoms with Gasteiger partial charge in [-0.15, -0.1) is 11.3 Å². The number of carbonyl (C=O) groups is 3. The Balaban J connectivity index is 1.86. The largest absolute Gasteiger partial charge is 0.452 e. The van der Waals surface area contributed by atoms with Gasteiger partial charge in [-0.1, -0.05) is 11.8 Å². The lowest BCUT2D eigenvalue weighted by Gasteiger charge is -2.12. The van der Waals surface area contributed by atoms with E-state index in [1.54, 1.807) is 0 Å². The molecule has 0 spiro atoms. The van der Waals surface area contributed by atoms with Gasteiger partial charge < -0.3 is 10.1 Å². The number of nitrogens with zero attached hydrogens (tertiary/aromatic N) is 2. The minimum atomic E-state index is -1.06. The van der Waals surface area contributed by atoms with Gasteiger partial charge in [0.05, 0.1) is 5.75 Å². The van der Waals surface area contributed by atoms with Crippen molar-refractivity contribution in [3.05, 3.63) is 17.8 Å². The van der Waals surface area contributed by atoms with Crippen LogP contribution in [-0.2, 0) is 14.3 Å². The molecule has 0 bridgehead atoms. The van der Waals surface area contributed by atoms with Crippen molar-refractivity contribution >= 4 is 51.2 Å². The highest BCUT2D eigenvalue weighted by molar-refractivity contribution is 8.00. The number of aromatic nitrogens is 2. The predicted octanol–water partition coefficient (Wildman–Crippen LogP) is 1.17. The van der Waals surface area contributed by atoms with Gasteiger partial charge in [0.15, 0.2) is 6.10 Å². The van der Waals surface area contributed by atoms with Crippen LogP contribution in [0.4, 0.5) is 4.79 Å². The average molecular weight is 354 g/mol. The lowest BCUT2D eigenvalue weighted by molar-refractivity contribution is -0.151. The number of fused-ring (bicyclic) bond motifs is 1. The number of hydrogen-bond acceptors (Lipinski definition) is 8. The third kappa shape index (κ3) is 4.63. The second-order valence-electron chi connectivity index (χ2n) is 4.31. The molecule has 122 valence electrons. The second-order valence-corrected chi connectivity index (χ2v) is 6.17. The van der Waals surface area contributed by atoms with Crippen molar-refractivity contribution in [2.24, 2.45) is 0 Å². The highest BCUT2D eigenvalue weighted by Crippen LogP contribution is 2.27. The smallest absolute Gasteiger partial charge is 0.321 e. The molecule has 2 aromatic heterocycles. The maximum Gasteiger partial charge on any atom is 0.321 e. The Kier molecular flexibility index (Phi) is 5.88. The van der Waals surface area contributed by atoms with Crippen molar-refractivity contribution in [3.8, 4) is 0 Å². The molecule has 0 aromatic carbocycles. The predicted molar refractivity (Wildman–Crippen MR) is 86.3 cm³/mol. The van der Waals surface area contributed by atoms with Gasteiger partial charge in [-0.3, -0.25) is 14.9 Å². The summed E-state index contributed by atoms with van der Waals surface area (Å²) in [5.41, 5.74) is 0. The number of esters is 1. The lowest BCUT2D eigenvalue weighted by Crippen LogP contribution is -2.43. The van der Waals surface area contributed by atoms with E-state index in [-0.39, 0.29) is 5.75 Å². The van der Waals surface area contributed by atoms with Crippen LogP contribution in [0.2, 0.25) is 0 Å². The third-order valence-corrected chi connectivity index (χ3v) is 4.49. The van der Waals surface area contributed by atoms with Crippen LogP contribution >= 0.6 is 23.1 Å². The molecular formula is C13H14N4O4S2. The number of imide groups is 1. The summed E-state index contributed by atoms with van der Waals surface area (Å²) in [5, 5.41) is 7.72. The highest BCUT2D eigenvalue weighted by atomic mass is 32.2. The van der Waals surface area contributed by atoms with Crippen LogP contribution in [0, 0.1) is 0 Å². The molecule has 1 atom stereocenters. The van der Waals surface area contributed by atoms with Crippen LogP contribution in [0.25, 0.3) is 10.2 Å². The topological polar surface area (TPSA) is 110 Å². The first kappa shape index (κ1) is 17.2. The molecule has 0 fully saturated rings. The number of carbonyl (C=O) groups excluding carboxylic acids is 3. The first-order valence-electron chi connectivity index (χ1n) is 6.54. The number of hydrogen-bond donors (Lipinski definition) is 2. The van der Waals surface area contributed by atoms with Gasteiger partial charge in [0.25, 0.3) is 5.91 Å². The summed E-state index contributed by atoms with van der Waals surface area (Å²) in [7, 11) is 1.38. The summed E-state index contributed by atoms with van der Waals surface area (Å²) in [4.78, 5) is 43.5. The second kappa shape index (κ2) is 7.88. The van der Waals surface area contributed by atoms with E-state index < -0.39 is 24.0 Å². The number of urea groups is 1. The number of nitrogens with one attached hydrogen (secondary N) is 2. The summed E-state index contributed by atoms with van der Waals surface area (Å²) in [6, 6.07) is 1.22. The molecule has 0 aliphatic rings. The lowest BCUT2D eigenvalue weighted by atomic mass is 10.4. The molecule has 0 saturated carbocycles. The van der Waals surface area contributed by atoms with Crippen molar-refractivity contribution in [1.82, 2.24) is 20.6 Å². The molecule has 0 aliphatic carbocycles. The molecule has 8 nitrogen and oxygen atoms in total. The maximum absolute atomic E-state index is 11.8. The monoisotopic (exact) mass is 354 g/mol. The molecule has 2 N–H and O–H groups in total. The molecule has 23 heavy (non-hydrogen) atoms. The molecule has 0 aliphatic heterocycles. The maximum atomic E-state index is 11.8. The Labute approximate surface area is 140 Å². The summed E-state index contributed by atoms with van der Waals surface area (Å²) in [5.74, 6) is -1.26. The van der Waals surface area contributed by atoms with Gasteiger partial charge in [-0.2, -0.15) is 0 Å². The molecular weight excluding hydrogens is 340 g/mol. The number of amides is 3. The van der Waals surface area contributed by atoms with Crippen molar-refractivity contribution in [3.63, 3.8) is 0 Å². The summed E-state index contributed by atoms with van der Waals surface area (Å²) >= 11 is 2.69. The quantitative estimate of drug-likeness (QED) is 0.471. The summed E-state index contributed by atoms with van der Waals surface area (Å²) in [6.45, 7) is 1.39. The van der Waals surface area contributed by atoms with Crippen LogP contribution < -0.4 is 10.6 Å². The molecule has 3 amide bonds. The van der Waals surface area contributed by atoms with E-state index in [9.17, 15) is 14.4 Å². The summed E-state index contributed by atoms with van der Waals surface area (Å²) in [6.07, 6.45) is 0.373. The molecule has 2 rings (SSSR count). The molecule has 0 unspecified atom stereocenters. The zero-order chi connectivity index (χ0) is 16.8. The van der Waals surface area contributed by atoms with Gasteiger partial charge >= 0.3 is 12.0 Å². The minimum absolute atomic E-state index is 0.000442. The number of thiophene rings is 1. The normalized spacial score (nSPS) is 11.7. The van der Waals surface area contributed by atoms with Crippen LogP contribution in [0.3, 0.4) is 0 Å². The molecule has 2 aromatic rings. The Morgan fingerprint density at radius 2 is 2.17 bits per heavy atom. The highest BCUT2D eigenvalue weighted by Gasteiger charge is 2.20. The van der Waals surface area contributed by atoms with Crippen molar-refractivity contribution in [1.29, 1.82) is 0 Å². The van der Waals surface area contributed by atoms with E-state index in [1.165, 1.54) is 43.4 Å². The van der Waals surface area contributed by atoms with Crippen LogP contribution in [-0.4, -0.2) is 46.8 Å². The van der Waals surface area contributed by atoms with Crippen LogP contribution in [0.1, 0.15) is 6.92 Å². The zero-order valence-electron chi connectivity index (χ0n) is 12.4. The van der Waals surface area contributed by atoms with E-state index in [0.717, 1.165) is 10.2 Å². The zero-order valence-corrected chi connectivity index (χ0v) is 14.0. The first-order valence-corrected chi connectivity index (χ1v) is 8.41. The number of ether oxygens (including phenoxy) is 1. The van der Waals surface area contributed by atoms with Crippen molar-refractivity contribution < 1.29 is 19.1 Å². The van der Waals surface area contributed by atoms with Gasteiger partial charge in [0.1, 0.15) is 16.2 Å².